The number of aryl methyl sites for hydroxylation is 1. The minimum atomic E-state index is 0.334. The Bertz CT molecular complexity index is 335. The van der Waals surface area contributed by atoms with Gasteiger partial charge in [0.15, 0.2) is 0 Å². The SMILES string of the molecule is OCCCCCc1ccc(CC2CCCCC2)cc1. The zero-order valence-electron chi connectivity index (χ0n) is 12.1. The second kappa shape index (κ2) is 8.37. The number of aliphatic hydroxyl groups is 1. The number of hydrogen-bond donors (Lipinski definition) is 1. The maximum Gasteiger partial charge on any atom is 0.0431 e. The van der Waals surface area contributed by atoms with Gasteiger partial charge in [0, 0.05) is 6.61 Å². The third-order valence-corrected chi connectivity index (χ3v) is 4.40. The molecular formula is C18H28O. The standard InChI is InChI=1S/C18H28O/c19-14-6-2-5-7-16-10-12-18(13-11-16)15-17-8-3-1-4-9-17/h10-13,17,19H,1-9,14-15H2. The van der Waals surface area contributed by atoms with Crippen LogP contribution < -0.4 is 0 Å². The fourth-order valence-electron chi connectivity index (χ4n) is 3.18. The molecule has 0 aromatic heterocycles. The molecular weight excluding hydrogens is 232 g/mol. The highest BCUT2D eigenvalue weighted by atomic mass is 16.2. The van der Waals surface area contributed by atoms with E-state index >= 15 is 0 Å². The number of unbranched alkanes of at least 4 members (excludes halogenated alkanes) is 2. The number of rotatable bonds is 7. The van der Waals surface area contributed by atoms with Crippen LogP contribution in [-0.2, 0) is 12.8 Å². The highest BCUT2D eigenvalue weighted by molar-refractivity contribution is 5.23. The van der Waals surface area contributed by atoms with E-state index in [9.17, 15) is 0 Å². The molecule has 1 aliphatic carbocycles. The molecule has 0 radical (unpaired) electrons. The molecule has 0 bridgehead atoms. The Morgan fingerprint density at radius 3 is 2.21 bits per heavy atom. The third kappa shape index (κ3) is 5.36. The topological polar surface area (TPSA) is 20.2 Å². The minimum absolute atomic E-state index is 0.334. The lowest BCUT2D eigenvalue weighted by Gasteiger charge is -2.21. The maximum absolute atomic E-state index is 8.76. The van der Waals surface area contributed by atoms with Crippen molar-refractivity contribution in [2.75, 3.05) is 6.61 Å². The summed E-state index contributed by atoms with van der Waals surface area (Å²) in [6.07, 6.45) is 12.9. The van der Waals surface area contributed by atoms with E-state index in [0.717, 1.165) is 25.2 Å². The van der Waals surface area contributed by atoms with Crippen LogP contribution >= 0.6 is 0 Å². The molecule has 1 aromatic carbocycles. The highest BCUT2D eigenvalue weighted by Gasteiger charge is 2.13. The van der Waals surface area contributed by atoms with Gasteiger partial charge in [0.2, 0.25) is 0 Å². The molecule has 0 aliphatic heterocycles. The average molecular weight is 260 g/mol. The zero-order valence-corrected chi connectivity index (χ0v) is 12.1. The van der Waals surface area contributed by atoms with Gasteiger partial charge < -0.3 is 5.11 Å². The summed E-state index contributed by atoms with van der Waals surface area (Å²) in [5, 5.41) is 8.76. The molecule has 1 saturated carbocycles. The van der Waals surface area contributed by atoms with E-state index in [2.05, 4.69) is 24.3 Å². The van der Waals surface area contributed by atoms with Crippen molar-refractivity contribution in [2.45, 2.75) is 64.2 Å². The second-order valence-electron chi connectivity index (χ2n) is 6.06. The van der Waals surface area contributed by atoms with E-state index in [1.165, 1.54) is 56.1 Å². The first-order valence-electron chi connectivity index (χ1n) is 8.07. The number of benzene rings is 1. The molecule has 106 valence electrons. The van der Waals surface area contributed by atoms with Crippen LogP contribution in [-0.4, -0.2) is 11.7 Å². The van der Waals surface area contributed by atoms with Crippen molar-refractivity contribution in [3.05, 3.63) is 35.4 Å². The van der Waals surface area contributed by atoms with Crippen LogP contribution in [0.5, 0.6) is 0 Å². The normalized spacial score (nSPS) is 16.7. The van der Waals surface area contributed by atoms with Gasteiger partial charge in [-0.05, 0) is 42.7 Å². The van der Waals surface area contributed by atoms with Crippen molar-refractivity contribution >= 4 is 0 Å². The Kier molecular flexibility index (Phi) is 6.43. The lowest BCUT2D eigenvalue weighted by atomic mass is 9.85. The predicted octanol–water partition coefficient (Wildman–Crippen LogP) is 4.51. The molecule has 1 nitrogen and oxygen atoms in total. The second-order valence-corrected chi connectivity index (χ2v) is 6.06. The van der Waals surface area contributed by atoms with Gasteiger partial charge in [-0.15, -0.1) is 0 Å². The smallest absolute Gasteiger partial charge is 0.0431 e. The average Bonchev–Trinajstić information content (AvgIpc) is 2.46. The lowest BCUT2D eigenvalue weighted by molar-refractivity contribution is 0.283. The van der Waals surface area contributed by atoms with E-state index in [-0.39, 0.29) is 0 Å². The molecule has 19 heavy (non-hydrogen) atoms. The van der Waals surface area contributed by atoms with E-state index in [1.54, 1.807) is 0 Å². The van der Waals surface area contributed by atoms with Crippen molar-refractivity contribution < 1.29 is 5.11 Å². The van der Waals surface area contributed by atoms with Crippen LogP contribution in [0.1, 0.15) is 62.5 Å². The molecule has 1 fully saturated rings. The van der Waals surface area contributed by atoms with Crippen LogP contribution in [0.3, 0.4) is 0 Å². The van der Waals surface area contributed by atoms with E-state index in [4.69, 9.17) is 5.11 Å². The highest BCUT2D eigenvalue weighted by Crippen LogP contribution is 2.26. The largest absolute Gasteiger partial charge is 0.396 e. The molecule has 1 aliphatic rings. The Morgan fingerprint density at radius 1 is 0.842 bits per heavy atom. The maximum atomic E-state index is 8.76. The number of aliphatic hydroxyl groups excluding tert-OH is 1. The van der Waals surface area contributed by atoms with Gasteiger partial charge in [0.25, 0.3) is 0 Å². The molecule has 0 amide bonds. The van der Waals surface area contributed by atoms with Crippen LogP contribution in [0.15, 0.2) is 24.3 Å². The summed E-state index contributed by atoms with van der Waals surface area (Å²) >= 11 is 0. The van der Waals surface area contributed by atoms with Gasteiger partial charge in [-0.3, -0.25) is 0 Å². The van der Waals surface area contributed by atoms with Crippen molar-refractivity contribution in [2.24, 2.45) is 5.92 Å². The fourth-order valence-corrected chi connectivity index (χ4v) is 3.18. The van der Waals surface area contributed by atoms with Crippen molar-refractivity contribution in [3.8, 4) is 0 Å². The van der Waals surface area contributed by atoms with E-state index < -0.39 is 0 Å². The predicted molar refractivity (Wildman–Crippen MR) is 81.4 cm³/mol. The molecule has 0 saturated heterocycles. The fraction of sp³-hybridized carbons (Fsp3) is 0.667. The zero-order chi connectivity index (χ0) is 13.3. The summed E-state index contributed by atoms with van der Waals surface area (Å²) in [5.41, 5.74) is 2.97. The molecule has 1 heteroatoms. The molecule has 0 heterocycles. The van der Waals surface area contributed by atoms with Crippen molar-refractivity contribution in [3.63, 3.8) is 0 Å². The van der Waals surface area contributed by atoms with Gasteiger partial charge in [-0.1, -0.05) is 62.8 Å². The molecule has 0 unspecified atom stereocenters. The Hall–Kier alpha value is -0.820. The molecule has 0 atom stereocenters. The number of hydrogen-bond acceptors (Lipinski definition) is 1. The molecule has 1 N–H and O–H groups in total. The minimum Gasteiger partial charge on any atom is -0.396 e. The van der Waals surface area contributed by atoms with Crippen LogP contribution in [0, 0.1) is 5.92 Å². The van der Waals surface area contributed by atoms with E-state index in [1.807, 2.05) is 0 Å². The Morgan fingerprint density at radius 2 is 1.53 bits per heavy atom. The quantitative estimate of drug-likeness (QED) is 0.715. The molecule has 0 spiro atoms. The van der Waals surface area contributed by atoms with Crippen LogP contribution in [0.2, 0.25) is 0 Å². The van der Waals surface area contributed by atoms with Gasteiger partial charge in [0.05, 0.1) is 0 Å². The summed E-state index contributed by atoms with van der Waals surface area (Å²) in [4.78, 5) is 0. The summed E-state index contributed by atoms with van der Waals surface area (Å²) < 4.78 is 0. The molecule has 1 aromatic rings. The molecule has 2 rings (SSSR count). The first-order chi connectivity index (χ1) is 9.38. The van der Waals surface area contributed by atoms with Crippen LogP contribution in [0.4, 0.5) is 0 Å². The van der Waals surface area contributed by atoms with Crippen molar-refractivity contribution in [1.29, 1.82) is 0 Å². The summed E-state index contributed by atoms with van der Waals surface area (Å²) in [6, 6.07) is 9.26. The summed E-state index contributed by atoms with van der Waals surface area (Å²) in [6.45, 7) is 0.334. The summed E-state index contributed by atoms with van der Waals surface area (Å²) in [7, 11) is 0. The summed E-state index contributed by atoms with van der Waals surface area (Å²) in [5.74, 6) is 0.934. The lowest BCUT2D eigenvalue weighted by Crippen LogP contribution is -2.09. The van der Waals surface area contributed by atoms with Crippen LogP contribution in [0.25, 0.3) is 0 Å². The first-order valence-corrected chi connectivity index (χ1v) is 8.07. The monoisotopic (exact) mass is 260 g/mol. The Balaban J connectivity index is 1.74. The van der Waals surface area contributed by atoms with Gasteiger partial charge in [-0.25, -0.2) is 0 Å². The Labute approximate surface area is 118 Å². The van der Waals surface area contributed by atoms with Crippen molar-refractivity contribution in [1.82, 2.24) is 0 Å². The van der Waals surface area contributed by atoms with Gasteiger partial charge >= 0.3 is 0 Å². The first kappa shape index (κ1) is 14.6. The van der Waals surface area contributed by atoms with E-state index in [0.29, 0.717) is 6.61 Å². The van der Waals surface area contributed by atoms with Gasteiger partial charge in [0.1, 0.15) is 0 Å². The van der Waals surface area contributed by atoms with Gasteiger partial charge in [-0.2, -0.15) is 0 Å². The third-order valence-electron chi connectivity index (χ3n) is 4.40.